The molecular formula is C11H9ClO3. The maximum absolute atomic E-state index is 10.7. The Morgan fingerprint density at radius 1 is 1.60 bits per heavy atom. The lowest BCUT2D eigenvalue weighted by molar-refractivity contribution is -0.133. The summed E-state index contributed by atoms with van der Waals surface area (Å²) in [4.78, 5) is 10.7. The largest absolute Gasteiger partial charge is 0.459 e. The predicted molar refractivity (Wildman–Crippen MR) is 56.3 cm³/mol. The molecule has 0 bridgehead atoms. The topological polar surface area (TPSA) is 46.5 Å². The van der Waals surface area contributed by atoms with Gasteiger partial charge in [-0.05, 0) is 23.8 Å². The molecule has 3 nitrogen and oxygen atoms in total. The fraction of sp³-hybridized carbons (Fsp3) is 0.182. The molecule has 4 heteroatoms. The van der Waals surface area contributed by atoms with Crippen LogP contribution < -0.4 is 0 Å². The first-order chi connectivity index (χ1) is 7.17. The minimum atomic E-state index is -0.601. The van der Waals surface area contributed by atoms with Gasteiger partial charge in [-0.1, -0.05) is 17.5 Å². The van der Waals surface area contributed by atoms with E-state index in [1.54, 1.807) is 18.2 Å². The van der Waals surface area contributed by atoms with Crippen LogP contribution in [0.4, 0.5) is 0 Å². The summed E-state index contributed by atoms with van der Waals surface area (Å²) >= 11 is 5.79. The molecule has 78 valence electrons. The maximum atomic E-state index is 10.7. The Bertz CT molecular complexity index is 429. The van der Waals surface area contributed by atoms with Gasteiger partial charge in [-0.2, -0.15) is 0 Å². The summed E-state index contributed by atoms with van der Waals surface area (Å²) in [6.07, 6.45) is 0. The van der Waals surface area contributed by atoms with Gasteiger partial charge in [-0.3, -0.25) is 0 Å². The van der Waals surface area contributed by atoms with Crippen LogP contribution in [0.15, 0.2) is 18.2 Å². The van der Waals surface area contributed by atoms with E-state index in [9.17, 15) is 4.79 Å². The van der Waals surface area contributed by atoms with E-state index < -0.39 is 5.97 Å². The lowest BCUT2D eigenvalue weighted by Crippen LogP contribution is -1.94. The van der Waals surface area contributed by atoms with Crippen LogP contribution in [0.2, 0.25) is 5.02 Å². The average Bonchev–Trinajstić information content (AvgIpc) is 2.27. The normalized spacial score (nSPS) is 9.00. The first kappa shape index (κ1) is 11.6. The molecule has 0 atom stereocenters. The van der Waals surface area contributed by atoms with E-state index in [1.807, 2.05) is 0 Å². The minimum absolute atomic E-state index is 0.160. The Hall–Kier alpha value is -1.50. The van der Waals surface area contributed by atoms with Crippen LogP contribution in [0.25, 0.3) is 0 Å². The number of methoxy groups -OCH3 is 1. The third-order valence-corrected chi connectivity index (χ3v) is 2.08. The third kappa shape index (κ3) is 3.28. The molecule has 0 aliphatic rings. The van der Waals surface area contributed by atoms with Crippen molar-refractivity contribution in [1.82, 2.24) is 0 Å². The van der Waals surface area contributed by atoms with Gasteiger partial charge in [0.2, 0.25) is 0 Å². The van der Waals surface area contributed by atoms with E-state index in [0.29, 0.717) is 16.1 Å². The number of hydrogen-bond acceptors (Lipinski definition) is 3. The number of rotatable bonds is 1. The molecule has 1 aromatic rings. The molecule has 0 unspecified atom stereocenters. The highest BCUT2D eigenvalue weighted by Crippen LogP contribution is 2.16. The van der Waals surface area contributed by atoms with Crippen molar-refractivity contribution in [2.75, 3.05) is 7.11 Å². The maximum Gasteiger partial charge on any atom is 0.384 e. The van der Waals surface area contributed by atoms with Gasteiger partial charge < -0.3 is 9.84 Å². The summed E-state index contributed by atoms with van der Waals surface area (Å²) in [5.41, 5.74) is 1.18. The summed E-state index contributed by atoms with van der Waals surface area (Å²) < 4.78 is 4.36. The first-order valence-electron chi connectivity index (χ1n) is 4.16. The Morgan fingerprint density at radius 3 is 2.93 bits per heavy atom. The number of halogens is 1. The molecule has 0 aliphatic carbocycles. The summed E-state index contributed by atoms with van der Waals surface area (Å²) in [5, 5.41) is 9.42. The highest BCUT2D eigenvalue weighted by Gasteiger charge is 1.99. The molecule has 0 amide bonds. The van der Waals surface area contributed by atoms with Gasteiger partial charge in [0, 0.05) is 16.5 Å². The zero-order chi connectivity index (χ0) is 11.3. The highest BCUT2D eigenvalue weighted by molar-refractivity contribution is 6.31. The summed E-state index contributed by atoms with van der Waals surface area (Å²) in [5.74, 6) is 4.29. The number of benzene rings is 1. The number of aliphatic hydroxyl groups excluding tert-OH is 1. The fourth-order valence-electron chi connectivity index (χ4n) is 0.948. The standard InChI is InChI=1S/C11H9ClO3/c1-15-11(14)5-3-8-2-4-10(12)9(6-8)7-13/h2,4,6,13H,7H2,1H3. The van der Waals surface area contributed by atoms with Crippen LogP contribution >= 0.6 is 11.6 Å². The van der Waals surface area contributed by atoms with Crippen LogP contribution in [-0.4, -0.2) is 18.2 Å². The number of carbonyl (C=O) groups excluding carboxylic acids is 1. The van der Waals surface area contributed by atoms with Crippen molar-refractivity contribution in [3.05, 3.63) is 34.3 Å². The van der Waals surface area contributed by atoms with Crippen molar-refractivity contribution in [2.45, 2.75) is 6.61 Å². The van der Waals surface area contributed by atoms with Crippen LogP contribution in [0.3, 0.4) is 0 Å². The van der Waals surface area contributed by atoms with Gasteiger partial charge >= 0.3 is 5.97 Å². The van der Waals surface area contributed by atoms with E-state index in [2.05, 4.69) is 16.6 Å². The lowest BCUT2D eigenvalue weighted by atomic mass is 10.1. The van der Waals surface area contributed by atoms with Gasteiger partial charge in [0.15, 0.2) is 0 Å². The number of aliphatic hydroxyl groups is 1. The molecule has 15 heavy (non-hydrogen) atoms. The molecular weight excluding hydrogens is 216 g/mol. The lowest BCUT2D eigenvalue weighted by Gasteiger charge is -1.99. The molecule has 0 saturated heterocycles. The van der Waals surface area contributed by atoms with E-state index in [0.717, 1.165) is 0 Å². The molecule has 0 fully saturated rings. The van der Waals surface area contributed by atoms with E-state index in [-0.39, 0.29) is 6.61 Å². The average molecular weight is 225 g/mol. The first-order valence-corrected chi connectivity index (χ1v) is 4.54. The number of carbonyl (C=O) groups is 1. The van der Waals surface area contributed by atoms with Gasteiger partial charge in [-0.15, -0.1) is 0 Å². The smallest absolute Gasteiger partial charge is 0.384 e. The Morgan fingerprint density at radius 2 is 2.33 bits per heavy atom. The number of esters is 1. The second kappa shape index (κ2) is 5.40. The van der Waals surface area contributed by atoms with Crippen molar-refractivity contribution in [3.8, 4) is 11.8 Å². The molecule has 0 radical (unpaired) electrons. The van der Waals surface area contributed by atoms with Gasteiger partial charge in [0.05, 0.1) is 13.7 Å². The molecule has 1 aromatic carbocycles. The monoisotopic (exact) mass is 224 g/mol. The van der Waals surface area contributed by atoms with Gasteiger partial charge in [0.1, 0.15) is 0 Å². The van der Waals surface area contributed by atoms with E-state index >= 15 is 0 Å². The quantitative estimate of drug-likeness (QED) is 0.579. The zero-order valence-electron chi connectivity index (χ0n) is 8.08. The van der Waals surface area contributed by atoms with Crippen molar-refractivity contribution >= 4 is 17.6 Å². The molecule has 1 N–H and O–H groups in total. The Balaban J connectivity index is 2.95. The SMILES string of the molecule is COC(=O)C#Cc1ccc(Cl)c(CO)c1. The number of hydrogen-bond donors (Lipinski definition) is 1. The second-order valence-corrected chi connectivity index (χ2v) is 3.11. The van der Waals surface area contributed by atoms with Crippen molar-refractivity contribution in [3.63, 3.8) is 0 Å². The van der Waals surface area contributed by atoms with E-state index in [1.165, 1.54) is 7.11 Å². The minimum Gasteiger partial charge on any atom is -0.459 e. The number of ether oxygens (including phenoxy) is 1. The molecule has 0 saturated carbocycles. The summed E-state index contributed by atoms with van der Waals surface area (Å²) in [7, 11) is 1.26. The summed E-state index contributed by atoms with van der Waals surface area (Å²) in [6, 6.07) is 4.91. The molecule has 1 rings (SSSR count). The van der Waals surface area contributed by atoms with Crippen LogP contribution in [0.1, 0.15) is 11.1 Å². The molecule has 0 spiro atoms. The predicted octanol–water partition coefficient (Wildman–Crippen LogP) is 1.36. The van der Waals surface area contributed by atoms with Crippen LogP contribution in [-0.2, 0) is 16.1 Å². The second-order valence-electron chi connectivity index (χ2n) is 2.71. The Labute approximate surface area is 92.6 Å². The van der Waals surface area contributed by atoms with Crippen LogP contribution in [0, 0.1) is 11.8 Å². The molecule has 0 aromatic heterocycles. The van der Waals surface area contributed by atoms with Crippen LogP contribution in [0.5, 0.6) is 0 Å². The van der Waals surface area contributed by atoms with Crippen molar-refractivity contribution in [1.29, 1.82) is 0 Å². The van der Waals surface area contributed by atoms with Crippen molar-refractivity contribution < 1.29 is 14.6 Å². The summed E-state index contributed by atoms with van der Waals surface area (Å²) in [6.45, 7) is -0.160. The van der Waals surface area contributed by atoms with Crippen molar-refractivity contribution in [2.24, 2.45) is 0 Å². The molecule has 0 heterocycles. The third-order valence-electron chi connectivity index (χ3n) is 1.71. The van der Waals surface area contributed by atoms with E-state index in [4.69, 9.17) is 16.7 Å². The highest BCUT2D eigenvalue weighted by atomic mass is 35.5. The van der Waals surface area contributed by atoms with Gasteiger partial charge in [-0.25, -0.2) is 4.79 Å². The zero-order valence-corrected chi connectivity index (χ0v) is 8.84. The fourth-order valence-corrected chi connectivity index (χ4v) is 1.13. The van der Waals surface area contributed by atoms with Gasteiger partial charge in [0.25, 0.3) is 0 Å². The molecule has 0 aliphatic heterocycles. The Kier molecular flexibility index (Phi) is 4.17.